The van der Waals surface area contributed by atoms with Crippen molar-refractivity contribution in [3.8, 4) is 0 Å². The van der Waals surface area contributed by atoms with Crippen LogP contribution in [0.1, 0.15) is 6.92 Å². The number of fused-ring (bicyclic) bond motifs is 1. The fraction of sp³-hybridized carbons (Fsp3) is 0.353. The summed E-state index contributed by atoms with van der Waals surface area (Å²) in [6.07, 6.45) is 0. The Morgan fingerprint density at radius 1 is 1.18 bits per heavy atom. The third-order valence-electron chi connectivity index (χ3n) is 4.07. The van der Waals surface area contributed by atoms with Gasteiger partial charge in [0.1, 0.15) is 18.9 Å². The molecule has 148 valence electrons. The number of nitrogens with zero attached hydrogens (tertiary/aromatic N) is 4. The molecule has 11 heteroatoms. The topological polar surface area (TPSA) is 116 Å². The lowest BCUT2D eigenvalue weighted by Gasteiger charge is -2.17. The number of hydrogen-bond donors (Lipinski definition) is 1. The second-order valence-corrected chi connectivity index (χ2v) is 5.93. The van der Waals surface area contributed by atoms with Crippen molar-refractivity contribution in [2.75, 3.05) is 24.6 Å². The van der Waals surface area contributed by atoms with E-state index in [0.29, 0.717) is 12.2 Å². The van der Waals surface area contributed by atoms with Crippen molar-refractivity contribution >= 4 is 23.5 Å². The van der Waals surface area contributed by atoms with Crippen molar-refractivity contribution < 1.29 is 18.7 Å². The number of nitrogens with one attached hydrogen (secondary N) is 1. The molecule has 0 atom stereocenters. The summed E-state index contributed by atoms with van der Waals surface area (Å²) in [5.41, 5.74) is -1.17. The molecule has 28 heavy (non-hydrogen) atoms. The molecule has 0 aliphatic carbocycles. The minimum atomic E-state index is -0.948. The lowest BCUT2D eigenvalue weighted by molar-refractivity contribution is -0.143. The van der Waals surface area contributed by atoms with Crippen LogP contribution in [0.15, 0.2) is 33.9 Å². The van der Waals surface area contributed by atoms with Crippen LogP contribution in [0.3, 0.4) is 0 Å². The third kappa shape index (κ3) is 3.92. The maximum absolute atomic E-state index is 13.2. The molecule has 2 heterocycles. The number of anilines is 2. The van der Waals surface area contributed by atoms with Gasteiger partial charge in [0.25, 0.3) is 0 Å². The van der Waals surface area contributed by atoms with Gasteiger partial charge in [-0.15, -0.1) is 5.10 Å². The highest BCUT2D eigenvalue weighted by Crippen LogP contribution is 2.26. The molecular formula is C17H18FN5O5. The highest BCUT2D eigenvalue weighted by atomic mass is 19.1. The van der Waals surface area contributed by atoms with E-state index in [2.05, 4.69) is 10.4 Å². The molecule has 1 amide bonds. The molecule has 0 spiro atoms. The second-order valence-electron chi connectivity index (χ2n) is 5.93. The average molecular weight is 391 g/mol. The fourth-order valence-electron chi connectivity index (χ4n) is 2.77. The van der Waals surface area contributed by atoms with Gasteiger partial charge < -0.3 is 15.0 Å². The molecule has 1 aromatic heterocycles. The summed E-state index contributed by atoms with van der Waals surface area (Å²) in [6, 6.07) is 5.60. The Labute approximate surface area is 158 Å². The van der Waals surface area contributed by atoms with Crippen LogP contribution in [-0.4, -0.2) is 45.9 Å². The maximum atomic E-state index is 13.2. The highest BCUT2D eigenvalue weighted by Gasteiger charge is 2.26. The van der Waals surface area contributed by atoms with Crippen molar-refractivity contribution in [3.63, 3.8) is 0 Å². The molecule has 1 aliphatic rings. The van der Waals surface area contributed by atoms with Gasteiger partial charge in [-0.05, 0) is 31.2 Å². The Hall–Kier alpha value is -3.50. The number of benzene rings is 1. The lowest BCUT2D eigenvalue weighted by Crippen LogP contribution is -2.45. The number of rotatable bonds is 6. The Kier molecular flexibility index (Phi) is 5.52. The molecule has 0 bridgehead atoms. The summed E-state index contributed by atoms with van der Waals surface area (Å²) in [5.74, 6) is -1.52. The number of amides is 1. The highest BCUT2D eigenvalue weighted by molar-refractivity contribution is 5.81. The van der Waals surface area contributed by atoms with Crippen molar-refractivity contribution in [1.29, 1.82) is 0 Å². The van der Waals surface area contributed by atoms with Gasteiger partial charge in [-0.1, -0.05) is 0 Å². The van der Waals surface area contributed by atoms with E-state index in [1.165, 1.54) is 28.8 Å². The van der Waals surface area contributed by atoms with Crippen molar-refractivity contribution in [1.82, 2.24) is 19.7 Å². The normalized spacial score (nSPS) is 12.6. The summed E-state index contributed by atoms with van der Waals surface area (Å²) < 4.78 is 19.8. The number of carbonyl (C=O) groups is 2. The zero-order valence-corrected chi connectivity index (χ0v) is 15.1. The molecule has 0 fully saturated rings. The molecule has 0 unspecified atom stereocenters. The molecule has 10 nitrogen and oxygen atoms in total. The van der Waals surface area contributed by atoms with E-state index < -0.39 is 35.4 Å². The zero-order chi connectivity index (χ0) is 20.3. The molecule has 0 saturated heterocycles. The van der Waals surface area contributed by atoms with Crippen LogP contribution in [0.2, 0.25) is 0 Å². The van der Waals surface area contributed by atoms with E-state index in [9.17, 15) is 23.6 Å². The summed E-state index contributed by atoms with van der Waals surface area (Å²) in [7, 11) is 0. The zero-order valence-electron chi connectivity index (χ0n) is 15.1. The Bertz CT molecular complexity index is 1010. The first kappa shape index (κ1) is 19.3. The van der Waals surface area contributed by atoms with Gasteiger partial charge in [0, 0.05) is 18.8 Å². The average Bonchev–Trinajstić information content (AvgIpc) is 3.09. The van der Waals surface area contributed by atoms with Crippen molar-refractivity contribution in [2.24, 2.45) is 0 Å². The fourth-order valence-corrected chi connectivity index (χ4v) is 2.77. The first-order valence-corrected chi connectivity index (χ1v) is 8.58. The molecule has 3 rings (SSSR count). The van der Waals surface area contributed by atoms with Gasteiger partial charge in [0.15, 0.2) is 0 Å². The van der Waals surface area contributed by atoms with Crippen molar-refractivity contribution in [2.45, 2.75) is 20.0 Å². The van der Waals surface area contributed by atoms with Crippen LogP contribution in [0.5, 0.6) is 0 Å². The first-order chi connectivity index (χ1) is 13.4. The van der Waals surface area contributed by atoms with Gasteiger partial charge in [-0.25, -0.2) is 9.07 Å². The van der Waals surface area contributed by atoms with Gasteiger partial charge in [0.2, 0.25) is 11.9 Å². The number of esters is 1. The van der Waals surface area contributed by atoms with Gasteiger partial charge in [0.05, 0.1) is 6.61 Å². The number of hydrogen-bond acceptors (Lipinski definition) is 7. The first-order valence-electron chi connectivity index (χ1n) is 8.58. The Morgan fingerprint density at radius 2 is 1.89 bits per heavy atom. The van der Waals surface area contributed by atoms with Gasteiger partial charge >= 0.3 is 17.1 Å². The molecule has 1 aromatic carbocycles. The van der Waals surface area contributed by atoms with Crippen LogP contribution in [0, 0.1) is 5.82 Å². The van der Waals surface area contributed by atoms with E-state index in [-0.39, 0.29) is 25.6 Å². The summed E-state index contributed by atoms with van der Waals surface area (Å²) in [5, 5.41) is 6.42. The van der Waals surface area contributed by atoms with Crippen LogP contribution in [-0.2, 0) is 27.4 Å². The van der Waals surface area contributed by atoms with Crippen LogP contribution in [0.4, 0.5) is 16.0 Å². The smallest absolute Gasteiger partial charge is 0.333 e. The molecule has 2 aromatic rings. The van der Waals surface area contributed by atoms with Crippen LogP contribution >= 0.6 is 0 Å². The molecule has 1 N–H and O–H groups in total. The number of halogens is 1. The minimum Gasteiger partial charge on any atom is -0.465 e. The maximum Gasteiger partial charge on any atom is 0.333 e. The summed E-state index contributed by atoms with van der Waals surface area (Å²) in [4.78, 5) is 49.5. The lowest BCUT2D eigenvalue weighted by atomic mass is 10.3. The SMILES string of the molecule is CCOC(=O)CNC(=O)Cn1nc2n(c(=O)c1=O)CCN2c1ccc(F)cc1. The Morgan fingerprint density at radius 3 is 2.57 bits per heavy atom. The van der Waals surface area contributed by atoms with E-state index in [4.69, 9.17) is 4.74 Å². The number of aromatic nitrogens is 3. The standard InChI is InChI=1S/C17H18FN5O5/c1-2-28-14(25)9-19-13(24)10-23-16(27)15(26)22-8-7-21(17(22)20-23)12-5-3-11(18)4-6-12/h3-6H,2,7-10H2,1H3,(H,19,24). The van der Waals surface area contributed by atoms with Crippen LogP contribution < -0.4 is 21.3 Å². The quantitative estimate of drug-likeness (QED) is 0.515. The third-order valence-corrected chi connectivity index (χ3v) is 4.07. The number of carbonyl (C=O) groups excluding carboxylic acids is 2. The molecule has 1 aliphatic heterocycles. The second kappa shape index (κ2) is 8.03. The summed E-state index contributed by atoms with van der Waals surface area (Å²) in [6.45, 7) is 1.53. The van der Waals surface area contributed by atoms with Gasteiger partial charge in [-0.2, -0.15) is 0 Å². The van der Waals surface area contributed by atoms with E-state index in [0.717, 1.165) is 4.68 Å². The van der Waals surface area contributed by atoms with Crippen molar-refractivity contribution in [3.05, 3.63) is 50.8 Å². The van der Waals surface area contributed by atoms with E-state index >= 15 is 0 Å². The molecule has 0 saturated carbocycles. The van der Waals surface area contributed by atoms with E-state index in [1.54, 1.807) is 11.8 Å². The number of ether oxygens (including phenoxy) is 1. The van der Waals surface area contributed by atoms with Gasteiger partial charge in [-0.3, -0.25) is 23.7 Å². The molecular weight excluding hydrogens is 373 g/mol. The Balaban J connectivity index is 1.83. The predicted octanol–water partition coefficient (Wildman–Crippen LogP) is -0.625. The van der Waals surface area contributed by atoms with Crippen LogP contribution in [0.25, 0.3) is 0 Å². The predicted molar refractivity (Wildman–Crippen MR) is 95.8 cm³/mol. The largest absolute Gasteiger partial charge is 0.465 e. The monoisotopic (exact) mass is 391 g/mol. The minimum absolute atomic E-state index is 0.175. The van der Waals surface area contributed by atoms with E-state index in [1.807, 2.05) is 0 Å². The molecule has 0 radical (unpaired) electrons. The summed E-state index contributed by atoms with van der Waals surface area (Å²) >= 11 is 0.